The molecule has 1 aromatic rings. The second-order valence-electron chi connectivity index (χ2n) is 6.00. The Morgan fingerprint density at radius 3 is 2.70 bits per heavy atom. The van der Waals surface area contributed by atoms with E-state index in [0.717, 1.165) is 23.5 Å². The van der Waals surface area contributed by atoms with Crippen LogP contribution in [0.3, 0.4) is 0 Å². The van der Waals surface area contributed by atoms with Crippen LogP contribution in [0.15, 0.2) is 21.6 Å². The first-order valence-corrected chi connectivity index (χ1v) is 8.17. The van der Waals surface area contributed by atoms with Gasteiger partial charge in [-0.1, -0.05) is 37.9 Å². The van der Waals surface area contributed by atoms with E-state index in [9.17, 15) is 4.79 Å². The van der Waals surface area contributed by atoms with Gasteiger partial charge in [0.2, 0.25) is 0 Å². The van der Waals surface area contributed by atoms with Gasteiger partial charge in [0.05, 0.1) is 16.8 Å². The Hall–Kier alpha value is -0.740. The number of ether oxygens (including phenoxy) is 1. The molecular weight excluding hydrogens is 272 g/mol. The van der Waals surface area contributed by atoms with E-state index >= 15 is 0 Å². The molecule has 3 nitrogen and oxygen atoms in total. The molecule has 1 fully saturated rings. The lowest BCUT2D eigenvalue weighted by molar-refractivity contribution is -0.125. The fraction of sp³-hybridized carbons (Fsp3) is 0.688. The molecule has 2 unspecified atom stereocenters. The van der Waals surface area contributed by atoms with Crippen LogP contribution in [0.1, 0.15) is 58.6 Å². The third-order valence-corrected chi connectivity index (χ3v) is 5.25. The minimum atomic E-state index is -0.782. The molecule has 0 amide bonds. The highest BCUT2D eigenvalue weighted by molar-refractivity contribution is 8.01. The lowest BCUT2D eigenvalue weighted by Gasteiger charge is -2.28. The minimum Gasteiger partial charge on any atom is -0.468 e. The Bertz CT molecular complexity index is 482. The van der Waals surface area contributed by atoms with Crippen LogP contribution >= 0.6 is 11.8 Å². The minimum absolute atomic E-state index is 0.182. The molecule has 0 saturated carbocycles. The molecule has 0 aliphatic carbocycles. The van der Waals surface area contributed by atoms with Crippen molar-refractivity contribution in [2.75, 3.05) is 0 Å². The molecule has 0 bridgehead atoms. The first-order chi connectivity index (χ1) is 9.38. The maximum Gasteiger partial charge on any atom is 0.177 e. The molecule has 4 heteroatoms. The van der Waals surface area contributed by atoms with Crippen molar-refractivity contribution in [1.82, 2.24) is 0 Å². The van der Waals surface area contributed by atoms with Crippen LogP contribution < -0.4 is 0 Å². The highest BCUT2D eigenvalue weighted by atomic mass is 32.2. The van der Waals surface area contributed by atoms with E-state index in [0.29, 0.717) is 6.42 Å². The van der Waals surface area contributed by atoms with Gasteiger partial charge in [-0.3, -0.25) is 4.79 Å². The topological polar surface area (TPSA) is 39.4 Å². The van der Waals surface area contributed by atoms with Crippen LogP contribution in [0.25, 0.3) is 0 Å². The predicted molar refractivity (Wildman–Crippen MR) is 81.0 cm³/mol. The van der Waals surface area contributed by atoms with Gasteiger partial charge in [-0.05, 0) is 33.3 Å². The number of rotatable bonds is 6. The molecular formula is C16H24O3S. The molecule has 20 heavy (non-hydrogen) atoms. The molecule has 0 aromatic carbocycles. The van der Waals surface area contributed by atoms with Crippen LogP contribution in [0.2, 0.25) is 0 Å². The maximum absolute atomic E-state index is 12.4. The number of carbonyl (C=O) groups is 1. The largest absolute Gasteiger partial charge is 0.468 e. The average molecular weight is 296 g/mol. The fourth-order valence-corrected chi connectivity index (χ4v) is 3.88. The molecule has 1 saturated heterocycles. The number of hydrogen-bond donors (Lipinski definition) is 0. The Morgan fingerprint density at radius 2 is 2.10 bits per heavy atom. The number of ketones is 1. The van der Waals surface area contributed by atoms with E-state index in [-0.39, 0.29) is 11.4 Å². The molecule has 1 aliphatic rings. The second kappa shape index (κ2) is 5.94. The molecule has 0 spiro atoms. The second-order valence-corrected chi connectivity index (χ2v) is 7.42. The van der Waals surface area contributed by atoms with E-state index in [1.54, 1.807) is 6.26 Å². The smallest absolute Gasteiger partial charge is 0.177 e. The molecule has 2 atom stereocenters. The number of Topliss-reactive ketones (excluding diaryl/α,β-unsaturated/α-hetero) is 1. The quantitative estimate of drug-likeness (QED) is 0.712. The first kappa shape index (κ1) is 15.6. The molecule has 0 N–H and O–H groups in total. The van der Waals surface area contributed by atoms with Crippen molar-refractivity contribution in [3.8, 4) is 0 Å². The predicted octanol–water partition coefficient (Wildman–Crippen LogP) is 4.72. The zero-order chi connectivity index (χ0) is 14.8. The summed E-state index contributed by atoms with van der Waals surface area (Å²) in [7, 11) is 0. The van der Waals surface area contributed by atoms with Gasteiger partial charge < -0.3 is 9.15 Å². The van der Waals surface area contributed by atoms with Gasteiger partial charge in [-0.2, -0.15) is 0 Å². The zero-order valence-corrected chi connectivity index (χ0v) is 13.6. The van der Waals surface area contributed by atoms with E-state index in [1.165, 1.54) is 24.6 Å². The highest BCUT2D eigenvalue weighted by Gasteiger charge is 2.51. The number of unbranched alkanes of at least 4 members (excludes halogenated alkanes) is 2. The molecule has 2 heterocycles. The van der Waals surface area contributed by atoms with Gasteiger partial charge in [0.1, 0.15) is 5.76 Å². The van der Waals surface area contributed by atoms with Gasteiger partial charge in [0.25, 0.3) is 0 Å². The summed E-state index contributed by atoms with van der Waals surface area (Å²) in [5.74, 6) is 1.02. The Morgan fingerprint density at radius 1 is 1.35 bits per heavy atom. The zero-order valence-electron chi connectivity index (χ0n) is 12.8. The van der Waals surface area contributed by atoms with Crippen LogP contribution in [0.5, 0.6) is 0 Å². The van der Waals surface area contributed by atoms with Crippen molar-refractivity contribution in [3.05, 3.63) is 18.1 Å². The van der Waals surface area contributed by atoms with Crippen molar-refractivity contribution in [2.24, 2.45) is 0 Å². The van der Waals surface area contributed by atoms with E-state index in [1.807, 2.05) is 19.9 Å². The summed E-state index contributed by atoms with van der Waals surface area (Å²) in [5.41, 5.74) is -0.314. The van der Waals surface area contributed by atoms with Gasteiger partial charge >= 0.3 is 0 Å². The summed E-state index contributed by atoms with van der Waals surface area (Å²) in [6, 6.07) is 1.90. The third-order valence-electron chi connectivity index (χ3n) is 3.91. The van der Waals surface area contributed by atoms with Crippen molar-refractivity contribution in [3.63, 3.8) is 0 Å². The van der Waals surface area contributed by atoms with Crippen LogP contribution in [0.4, 0.5) is 0 Å². The van der Waals surface area contributed by atoms with Crippen molar-refractivity contribution in [1.29, 1.82) is 0 Å². The third kappa shape index (κ3) is 3.29. The molecule has 1 aromatic heterocycles. The SMILES string of the molecule is CCCCCC1(C)CC(=O)C(C)(Sc2ccoc2C)O1. The summed E-state index contributed by atoms with van der Waals surface area (Å²) in [6.07, 6.45) is 6.61. The Kier molecular flexibility index (Phi) is 4.65. The summed E-state index contributed by atoms with van der Waals surface area (Å²) in [6.45, 7) is 8.04. The number of aryl methyl sites for hydroxylation is 1. The lowest BCUT2D eigenvalue weighted by atomic mass is 9.94. The molecule has 2 rings (SSSR count). The van der Waals surface area contributed by atoms with Crippen LogP contribution in [-0.4, -0.2) is 16.3 Å². The van der Waals surface area contributed by atoms with E-state index in [4.69, 9.17) is 9.15 Å². The fourth-order valence-electron chi connectivity index (χ4n) is 2.72. The molecule has 1 aliphatic heterocycles. The normalized spacial score (nSPS) is 30.1. The first-order valence-electron chi connectivity index (χ1n) is 7.35. The van der Waals surface area contributed by atoms with Crippen molar-refractivity contribution < 1.29 is 13.9 Å². The monoisotopic (exact) mass is 296 g/mol. The Balaban J connectivity index is 2.05. The molecule has 112 valence electrons. The summed E-state index contributed by atoms with van der Waals surface area (Å²) in [4.78, 5) is 12.6. The van der Waals surface area contributed by atoms with Crippen LogP contribution in [-0.2, 0) is 9.53 Å². The average Bonchev–Trinajstić information content (AvgIpc) is 2.83. The standard InChI is InChI=1S/C16H24O3S/c1-5-6-7-9-15(3)11-14(17)16(4,19-15)20-13-8-10-18-12(13)2/h8,10H,5-7,9,11H2,1-4H3. The number of hydrogen-bond acceptors (Lipinski definition) is 4. The Labute approximate surface area is 125 Å². The van der Waals surface area contributed by atoms with Gasteiger partial charge in [-0.25, -0.2) is 0 Å². The highest BCUT2D eigenvalue weighted by Crippen LogP contribution is 2.47. The lowest BCUT2D eigenvalue weighted by Crippen LogP contribution is -2.31. The summed E-state index contributed by atoms with van der Waals surface area (Å²) >= 11 is 1.47. The van der Waals surface area contributed by atoms with Crippen molar-refractivity contribution in [2.45, 2.75) is 75.2 Å². The maximum atomic E-state index is 12.4. The summed E-state index contributed by atoms with van der Waals surface area (Å²) in [5, 5.41) is 0. The van der Waals surface area contributed by atoms with Gasteiger partial charge in [0.15, 0.2) is 10.7 Å². The number of thioether (sulfide) groups is 1. The van der Waals surface area contributed by atoms with E-state index in [2.05, 4.69) is 13.8 Å². The van der Waals surface area contributed by atoms with Gasteiger partial charge in [-0.15, -0.1) is 0 Å². The van der Waals surface area contributed by atoms with Crippen molar-refractivity contribution >= 4 is 17.5 Å². The molecule has 0 radical (unpaired) electrons. The number of carbonyl (C=O) groups excluding carboxylic acids is 1. The van der Waals surface area contributed by atoms with E-state index < -0.39 is 4.93 Å². The van der Waals surface area contributed by atoms with Gasteiger partial charge in [0, 0.05) is 6.42 Å². The summed E-state index contributed by atoms with van der Waals surface area (Å²) < 4.78 is 11.5. The van der Waals surface area contributed by atoms with Crippen LogP contribution in [0, 0.1) is 6.92 Å². The number of furan rings is 1.